The second-order valence-corrected chi connectivity index (χ2v) is 7.78. The standard InChI is InChI=1S/C21H24N6OS/c1-27-13-23-11-20(27)19-9-16(10-24-26-21(22)29)17-8-14(4-5-18(17)25-19)2-3-15-6-7-28-12-15/h4-5,8-11,13,15H,2-3,6-7,12H2,1H3,(H3,22,26,29)/b24-10+. The predicted octanol–water partition coefficient (Wildman–Crippen LogP) is 2.77. The fourth-order valence-electron chi connectivity index (χ4n) is 3.64. The van der Waals surface area contributed by atoms with Crippen LogP contribution in [0.15, 0.2) is 41.9 Å². The molecule has 3 heterocycles. The SMILES string of the molecule is Cn1cncc1-c1cc(/C=N/NC(N)=S)c2cc(CCC3CCOC3)ccc2n1. The van der Waals surface area contributed by atoms with Crippen molar-refractivity contribution in [2.75, 3.05) is 13.2 Å². The lowest BCUT2D eigenvalue weighted by molar-refractivity contribution is 0.184. The number of benzene rings is 1. The Morgan fingerprint density at radius 3 is 3.07 bits per heavy atom. The molecular formula is C21H24N6OS. The highest BCUT2D eigenvalue weighted by Crippen LogP contribution is 2.26. The van der Waals surface area contributed by atoms with Crippen LogP contribution in [0.25, 0.3) is 22.3 Å². The van der Waals surface area contributed by atoms with Crippen molar-refractivity contribution in [2.24, 2.45) is 23.8 Å². The van der Waals surface area contributed by atoms with Gasteiger partial charge in [-0.15, -0.1) is 0 Å². The van der Waals surface area contributed by atoms with E-state index < -0.39 is 0 Å². The molecule has 4 rings (SSSR count). The minimum absolute atomic E-state index is 0.131. The van der Waals surface area contributed by atoms with E-state index in [9.17, 15) is 0 Å². The van der Waals surface area contributed by atoms with Gasteiger partial charge in [-0.2, -0.15) is 5.10 Å². The first kappa shape index (κ1) is 19.5. The maximum Gasteiger partial charge on any atom is 0.184 e. The van der Waals surface area contributed by atoms with Crippen molar-refractivity contribution in [3.05, 3.63) is 47.9 Å². The molecule has 3 aromatic rings. The van der Waals surface area contributed by atoms with Gasteiger partial charge in [-0.3, -0.25) is 5.43 Å². The summed E-state index contributed by atoms with van der Waals surface area (Å²) in [6.45, 7) is 1.77. The fourth-order valence-corrected chi connectivity index (χ4v) is 3.70. The molecular weight excluding hydrogens is 384 g/mol. The van der Waals surface area contributed by atoms with Gasteiger partial charge < -0.3 is 15.0 Å². The highest BCUT2D eigenvalue weighted by atomic mass is 32.1. The van der Waals surface area contributed by atoms with E-state index in [1.807, 2.05) is 17.7 Å². The average molecular weight is 409 g/mol. The minimum atomic E-state index is 0.131. The zero-order valence-corrected chi connectivity index (χ0v) is 17.2. The van der Waals surface area contributed by atoms with Gasteiger partial charge in [0.1, 0.15) is 0 Å². The van der Waals surface area contributed by atoms with E-state index in [4.69, 9.17) is 27.7 Å². The van der Waals surface area contributed by atoms with Gasteiger partial charge in [0.25, 0.3) is 0 Å². The van der Waals surface area contributed by atoms with Gasteiger partial charge in [-0.25, -0.2) is 9.97 Å². The van der Waals surface area contributed by atoms with E-state index in [2.05, 4.69) is 33.7 Å². The number of ether oxygens (including phenoxy) is 1. The molecule has 0 radical (unpaired) electrons. The Balaban J connectivity index is 1.70. The van der Waals surface area contributed by atoms with E-state index in [0.717, 1.165) is 60.3 Å². The number of imidazole rings is 1. The molecule has 1 aliphatic rings. The molecule has 7 nitrogen and oxygen atoms in total. The van der Waals surface area contributed by atoms with Crippen molar-refractivity contribution in [3.8, 4) is 11.4 Å². The zero-order chi connectivity index (χ0) is 20.2. The number of aryl methyl sites for hydroxylation is 2. The lowest BCUT2D eigenvalue weighted by Gasteiger charge is -2.11. The van der Waals surface area contributed by atoms with Gasteiger partial charge in [0, 0.05) is 31.2 Å². The number of rotatable bonds is 6. The minimum Gasteiger partial charge on any atom is -0.381 e. The van der Waals surface area contributed by atoms with Crippen molar-refractivity contribution >= 4 is 34.4 Å². The van der Waals surface area contributed by atoms with Gasteiger partial charge in [-0.1, -0.05) is 6.07 Å². The number of nitrogens with one attached hydrogen (secondary N) is 1. The van der Waals surface area contributed by atoms with E-state index in [-0.39, 0.29) is 5.11 Å². The van der Waals surface area contributed by atoms with Crippen molar-refractivity contribution in [1.82, 2.24) is 20.0 Å². The molecule has 0 bridgehead atoms. The Kier molecular flexibility index (Phi) is 5.82. The summed E-state index contributed by atoms with van der Waals surface area (Å²) in [7, 11) is 1.95. The molecule has 3 N–H and O–H groups in total. The number of nitrogens with zero attached hydrogens (tertiary/aromatic N) is 4. The van der Waals surface area contributed by atoms with Crippen LogP contribution in [0.1, 0.15) is 24.0 Å². The number of nitrogens with two attached hydrogens (primary N) is 1. The lowest BCUT2D eigenvalue weighted by atomic mass is 9.97. The first-order valence-corrected chi connectivity index (χ1v) is 10.1. The Hall–Kier alpha value is -2.84. The summed E-state index contributed by atoms with van der Waals surface area (Å²) < 4.78 is 7.44. The van der Waals surface area contributed by atoms with Crippen LogP contribution < -0.4 is 11.2 Å². The monoisotopic (exact) mass is 408 g/mol. The second-order valence-electron chi connectivity index (χ2n) is 7.34. The number of pyridine rings is 1. The average Bonchev–Trinajstić information content (AvgIpc) is 3.37. The molecule has 8 heteroatoms. The summed E-state index contributed by atoms with van der Waals surface area (Å²) >= 11 is 4.84. The number of hydrogen-bond acceptors (Lipinski definition) is 5. The largest absolute Gasteiger partial charge is 0.381 e. The zero-order valence-electron chi connectivity index (χ0n) is 16.3. The van der Waals surface area contributed by atoms with Gasteiger partial charge in [-0.05, 0) is 61.2 Å². The molecule has 2 aromatic heterocycles. The van der Waals surface area contributed by atoms with Crippen LogP contribution in [0.4, 0.5) is 0 Å². The van der Waals surface area contributed by atoms with E-state index >= 15 is 0 Å². The molecule has 1 saturated heterocycles. The van der Waals surface area contributed by atoms with Crippen LogP contribution in [0.5, 0.6) is 0 Å². The molecule has 1 aliphatic heterocycles. The van der Waals surface area contributed by atoms with E-state index in [1.54, 1.807) is 18.7 Å². The topological polar surface area (TPSA) is 90.4 Å². The van der Waals surface area contributed by atoms with Crippen LogP contribution in [0, 0.1) is 5.92 Å². The Bertz CT molecular complexity index is 1050. The third kappa shape index (κ3) is 4.60. The Labute approximate surface area is 175 Å². The summed E-state index contributed by atoms with van der Waals surface area (Å²) in [5, 5.41) is 5.34. The van der Waals surface area contributed by atoms with Crippen molar-refractivity contribution in [1.29, 1.82) is 0 Å². The quantitative estimate of drug-likeness (QED) is 0.370. The molecule has 0 aliphatic carbocycles. The molecule has 1 unspecified atom stereocenters. The first-order chi connectivity index (χ1) is 14.1. The summed E-state index contributed by atoms with van der Waals surface area (Å²) in [6.07, 6.45) is 8.62. The Morgan fingerprint density at radius 1 is 1.45 bits per heavy atom. The van der Waals surface area contributed by atoms with Gasteiger partial charge in [0.05, 0.1) is 35.6 Å². The normalized spacial score (nSPS) is 16.7. The van der Waals surface area contributed by atoms with Gasteiger partial charge in [0.15, 0.2) is 5.11 Å². The van der Waals surface area contributed by atoms with Gasteiger partial charge >= 0.3 is 0 Å². The molecule has 0 amide bonds. The first-order valence-electron chi connectivity index (χ1n) is 9.67. The number of thiocarbonyl (C=S) groups is 1. The van der Waals surface area contributed by atoms with Crippen LogP contribution in [0.2, 0.25) is 0 Å². The second kappa shape index (κ2) is 8.67. The maximum absolute atomic E-state index is 5.49. The third-order valence-electron chi connectivity index (χ3n) is 5.23. The number of hydrogen-bond donors (Lipinski definition) is 2. The molecule has 1 aromatic carbocycles. The highest BCUT2D eigenvalue weighted by molar-refractivity contribution is 7.80. The van der Waals surface area contributed by atoms with Crippen LogP contribution in [-0.2, 0) is 18.2 Å². The van der Waals surface area contributed by atoms with Crippen LogP contribution in [-0.4, -0.2) is 39.1 Å². The third-order valence-corrected chi connectivity index (χ3v) is 5.32. The fraction of sp³-hybridized carbons (Fsp3) is 0.333. The molecule has 150 valence electrons. The number of fused-ring (bicyclic) bond motifs is 1. The summed E-state index contributed by atoms with van der Waals surface area (Å²) in [6, 6.07) is 8.45. The molecule has 1 atom stereocenters. The predicted molar refractivity (Wildman–Crippen MR) is 119 cm³/mol. The lowest BCUT2D eigenvalue weighted by Crippen LogP contribution is -2.24. The molecule has 1 fully saturated rings. The number of aromatic nitrogens is 3. The van der Waals surface area contributed by atoms with Crippen LogP contribution in [0.3, 0.4) is 0 Å². The summed E-state index contributed by atoms with van der Waals surface area (Å²) in [4.78, 5) is 9.05. The van der Waals surface area contributed by atoms with E-state index in [1.165, 1.54) is 5.56 Å². The molecule has 0 spiro atoms. The number of hydrazone groups is 1. The van der Waals surface area contributed by atoms with Gasteiger partial charge in [0.2, 0.25) is 0 Å². The van der Waals surface area contributed by atoms with Crippen molar-refractivity contribution in [2.45, 2.75) is 19.3 Å². The van der Waals surface area contributed by atoms with Crippen molar-refractivity contribution < 1.29 is 4.74 Å². The summed E-state index contributed by atoms with van der Waals surface area (Å²) in [5.41, 5.74) is 13.0. The smallest absolute Gasteiger partial charge is 0.184 e. The maximum atomic E-state index is 5.49. The molecule has 0 saturated carbocycles. The summed E-state index contributed by atoms with van der Waals surface area (Å²) in [5.74, 6) is 0.659. The van der Waals surface area contributed by atoms with Crippen molar-refractivity contribution in [3.63, 3.8) is 0 Å². The van der Waals surface area contributed by atoms with Crippen LogP contribution >= 0.6 is 12.2 Å². The Morgan fingerprint density at radius 2 is 2.34 bits per heavy atom. The highest BCUT2D eigenvalue weighted by Gasteiger charge is 2.16. The van der Waals surface area contributed by atoms with E-state index in [0.29, 0.717) is 5.92 Å². The molecule has 29 heavy (non-hydrogen) atoms.